The van der Waals surface area contributed by atoms with Crippen molar-refractivity contribution in [2.24, 2.45) is 0 Å². The maximum absolute atomic E-state index is 5.63. The van der Waals surface area contributed by atoms with Crippen LogP contribution in [0.4, 0.5) is 0 Å². The van der Waals surface area contributed by atoms with Gasteiger partial charge in [0.2, 0.25) is 0 Å². The Balaban J connectivity index is 1.60. The average Bonchev–Trinajstić information content (AvgIpc) is 3.44. The molecule has 6 aromatic rings. The summed E-state index contributed by atoms with van der Waals surface area (Å²) in [4.78, 5) is 6.09. The lowest BCUT2D eigenvalue weighted by Crippen LogP contribution is -2.12. The van der Waals surface area contributed by atoms with Crippen LogP contribution in [0.5, 0.6) is 0 Å². The fraction of sp³-hybridized carbons (Fsp3) is 0.138. The van der Waals surface area contributed by atoms with Gasteiger partial charge in [0.25, 0.3) is 0 Å². The molecule has 3 aromatic carbocycles. The Hall–Kier alpha value is -3.43. The number of rotatable bonds is 2. The standard InChI is InChI=1S/C29H23NOS/c1-29(2,3)24-16-20(15-18-7-4-5-8-21(18)24)27-28-19(11-13-30-27)17-26(32-28)23-9-6-10-25-22(23)12-14-31-25/h4-17H,1-3H3. The largest absolute Gasteiger partial charge is 0.464 e. The molecule has 0 saturated carbocycles. The second-order valence-electron chi connectivity index (χ2n) is 9.32. The number of furan rings is 1. The fourth-order valence-electron chi connectivity index (χ4n) is 4.58. The number of pyridine rings is 1. The molecule has 32 heavy (non-hydrogen) atoms. The molecule has 0 amide bonds. The molecule has 0 fully saturated rings. The number of fused-ring (bicyclic) bond motifs is 3. The van der Waals surface area contributed by atoms with Gasteiger partial charge in [-0.3, -0.25) is 4.98 Å². The van der Waals surface area contributed by atoms with Gasteiger partial charge in [-0.15, -0.1) is 11.3 Å². The Morgan fingerprint density at radius 3 is 2.56 bits per heavy atom. The van der Waals surface area contributed by atoms with E-state index in [0.717, 1.165) is 16.7 Å². The second kappa shape index (κ2) is 7.04. The van der Waals surface area contributed by atoms with Crippen LogP contribution in [-0.4, -0.2) is 4.98 Å². The fourth-order valence-corrected chi connectivity index (χ4v) is 5.79. The third-order valence-corrected chi connectivity index (χ3v) is 7.33. The maximum atomic E-state index is 5.63. The normalized spacial score (nSPS) is 12.2. The van der Waals surface area contributed by atoms with E-state index < -0.39 is 0 Å². The summed E-state index contributed by atoms with van der Waals surface area (Å²) in [6, 6.07) is 26.0. The molecular weight excluding hydrogens is 410 g/mol. The summed E-state index contributed by atoms with van der Waals surface area (Å²) < 4.78 is 6.85. The summed E-state index contributed by atoms with van der Waals surface area (Å²) >= 11 is 1.80. The summed E-state index contributed by atoms with van der Waals surface area (Å²) in [6.07, 6.45) is 3.69. The van der Waals surface area contributed by atoms with Crippen LogP contribution in [-0.2, 0) is 5.41 Å². The van der Waals surface area contributed by atoms with Gasteiger partial charge in [0.1, 0.15) is 5.58 Å². The van der Waals surface area contributed by atoms with Gasteiger partial charge in [0.15, 0.2) is 0 Å². The predicted molar refractivity (Wildman–Crippen MR) is 136 cm³/mol. The summed E-state index contributed by atoms with van der Waals surface area (Å²) in [5.41, 5.74) is 5.74. The van der Waals surface area contributed by atoms with Gasteiger partial charge in [0.05, 0.1) is 16.7 Å². The molecule has 0 saturated heterocycles. The minimum absolute atomic E-state index is 0.0427. The molecule has 0 unspecified atom stereocenters. The van der Waals surface area contributed by atoms with Crippen LogP contribution >= 0.6 is 11.3 Å². The zero-order valence-electron chi connectivity index (χ0n) is 18.3. The van der Waals surface area contributed by atoms with Crippen molar-refractivity contribution in [3.05, 3.63) is 90.8 Å². The number of hydrogen-bond donors (Lipinski definition) is 0. The Morgan fingerprint density at radius 2 is 1.69 bits per heavy atom. The predicted octanol–water partition coefficient (Wildman–Crippen LogP) is 8.83. The first-order valence-corrected chi connectivity index (χ1v) is 11.7. The number of thiophene rings is 1. The van der Waals surface area contributed by atoms with Gasteiger partial charge in [0, 0.05) is 27.6 Å². The topological polar surface area (TPSA) is 26.0 Å². The van der Waals surface area contributed by atoms with Gasteiger partial charge in [-0.2, -0.15) is 0 Å². The van der Waals surface area contributed by atoms with E-state index >= 15 is 0 Å². The van der Waals surface area contributed by atoms with E-state index in [4.69, 9.17) is 9.40 Å². The highest BCUT2D eigenvalue weighted by molar-refractivity contribution is 7.22. The van der Waals surface area contributed by atoms with Crippen molar-refractivity contribution in [3.63, 3.8) is 0 Å². The van der Waals surface area contributed by atoms with E-state index in [9.17, 15) is 0 Å². The van der Waals surface area contributed by atoms with Crippen molar-refractivity contribution < 1.29 is 4.42 Å². The van der Waals surface area contributed by atoms with E-state index in [2.05, 4.69) is 81.4 Å². The first-order valence-electron chi connectivity index (χ1n) is 10.9. The number of benzene rings is 3. The molecule has 0 bridgehead atoms. The Labute approximate surface area is 191 Å². The van der Waals surface area contributed by atoms with Crippen molar-refractivity contribution >= 4 is 43.2 Å². The van der Waals surface area contributed by atoms with E-state index in [1.165, 1.54) is 42.4 Å². The van der Waals surface area contributed by atoms with Gasteiger partial charge in [-0.1, -0.05) is 57.2 Å². The Bertz CT molecular complexity index is 1610. The maximum Gasteiger partial charge on any atom is 0.134 e. The third-order valence-electron chi connectivity index (χ3n) is 6.14. The van der Waals surface area contributed by atoms with Gasteiger partial charge in [-0.25, -0.2) is 0 Å². The van der Waals surface area contributed by atoms with Crippen molar-refractivity contribution in [1.82, 2.24) is 4.98 Å². The molecule has 3 heterocycles. The number of hydrogen-bond acceptors (Lipinski definition) is 3. The minimum atomic E-state index is 0.0427. The molecule has 0 aliphatic carbocycles. The van der Waals surface area contributed by atoms with E-state index in [-0.39, 0.29) is 5.41 Å². The highest BCUT2D eigenvalue weighted by Gasteiger charge is 2.20. The number of nitrogens with zero attached hydrogens (tertiary/aromatic N) is 1. The van der Waals surface area contributed by atoms with Crippen molar-refractivity contribution in [2.75, 3.05) is 0 Å². The molecule has 6 rings (SSSR count). The molecular formula is C29H23NOS. The lowest BCUT2D eigenvalue weighted by Gasteiger charge is -2.22. The monoisotopic (exact) mass is 433 g/mol. The summed E-state index contributed by atoms with van der Waals surface area (Å²) in [5, 5.41) is 4.94. The van der Waals surface area contributed by atoms with Crippen LogP contribution in [0, 0.1) is 0 Å². The molecule has 2 nitrogen and oxygen atoms in total. The van der Waals surface area contributed by atoms with Gasteiger partial charge >= 0.3 is 0 Å². The molecule has 3 aromatic heterocycles. The molecule has 0 N–H and O–H groups in total. The van der Waals surface area contributed by atoms with Crippen LogP contribution < -0.4 is 0 Å². The second-order valence-corrected chi connectivity index (χ2v) is 10.4. The van der Waals surface area contributed by atoms with E-state index in [0.29, 0.717) is 0 Å². The molecule has 0 spiro atoms. The highest BCUT2D eigenvalue weighted by atomic mass is 32.1. The molecule has 0 aliphatic rings. The third kappa shape index (κ3) is 3.04. The summed E-state index contributed by atoms with van der Waals surface area (Å²) in [6.45, 7) is 6.84. The lowest BCUT2D eigenvalue weighted by atomic mass is 9.82. The van der Waals surface area contributed by atoms with Crippen LogP contribution in [0.3, 0.4) is 0 Å². The minimum Gasteiger partial charge on any atom is -0.464 e. The summed E-state index contributed by atoms with van der Waals surface area (Å²) in [7, 11) is 0. The first-order chi connectivity index (χ1) is 15.5. The SMILES string of the molecule is CC(C)(C)c1cc(-c2nccc3cc(-c4cccc5occc45)sc23)cc2ccccc12. The van der Waals surface area contributed by atoms with Gasteiger partial charge in [-0.05, 0) is 63.5 Å². The smallest absolute Gasteiger partial charge is 0.134 e. The molecule has 0 aliphatic heterocycles. The van der Waals surface area contributed by atoms with Crippen molar-refractivity contribution in [3.8, 4) is 21.7 Å². The quantitative estimate of drug-likeness (QED) is 0.273. The zero-order chi connectivity index (χ0) is 21.9. The van der Waals surface area contributed by atoms with E-state index in [1.54, 1.807) is 17.6 Å². The lowest BCUT2D eigenvalue weighted by molar-refractivity contribution is 0.596. The number of aromatic nitrogens is 1. The van der Waals surface area contributed by atoms with Crippen LogP contribution in [0.1, 0.15) is 26.3 Å². The summed E-state index contributed by atoms with van der Waals surface area (Å²) in [5.74, 6) is 0. The molecule has 0 radical (unpaired) electrons. The zero-order valence-corrected chi connectivity index (χ0v) is 19.2. The van der Waals surface area contributed by atoms with Crippen LogP contribution in [0.15, 0.2) is 89.7 Å². The Morgan fingerprint density at radius 1 is 0.812 bits per heavy atom. The molecule has 3 heteroatoms. The van der Waals surface area contributed by atoms with Crippen LogP contribution in [0.2, 0.25) is 0 Å². The highest BCUT2D eigenvalue weighted by Crippen LogP contribution is 2.42. The Kier molecular flexibility index (Phi) is 4.24. The first kappa shape index (κ1) is 19.3. The van der Waals surface area contributed by atoms with E-state index in [1.807, 2.05) is 18.3 Å². The molecule has 0 atom stereocenters. The van der Waals surface area contributed by atoms with Crippen molar-refractivity contribution in [1.29, 1.82) is 0 Å². The molecule has 156 valence electrons. The van der Waals surface area contributed by atoms with Crippen molar-refractivity contribution in [2.45, 2.75) is 26.2 Å². The van der Waals surface area contributed by atoms with Crippen LogP contribution in [0.25, 0.3) is 53.5 Å². The average molecular weight is 434 g/mol. The van der Waals surface area contributed by atoms with Gasteiger partial charge < -0.3 is 4.42 Å².